The van der Waals surface area contributed by atoms with Gasteiger partial charge in [-0.15, -0.1) is 0 Å². The molecule has 0 spiro atoms. The Labute approximate surface area is 89.3 Å². The first-order valence-electron chi connectivity index (χ1n) is 4.42. The first kappa shape index (κ1) is 10.3. The molecule has 0 aliphatic heterocycles. The summed E-state index contributed by atoms with van der Waals surface area (Å²) in [6.07, 6.45) is 2.84. The third-order valence-electron chi connectivity index (χ3n) is 1.89. The molecular formula is C10H7F2N3O. The molecule has 2 rings (SSSR count). The Balaban J connectivity index is 2.21. The molecule has 82 valence electrons. The van der Waals surface area contributed by atoms with Crippen LogP contribution in [0.5, 0.6) is 0 Å². The third-order valence-corrected chi connectivity index (χ3v) is 1.89. The van der Waals surface area contributed by atoms with Crippen molar-refractivity contribution in [3.8, 4) is 0 Å². The lowest BCUT2D eigenvalue weighted by Crippen LogP contribution is -2.14. The van der Waals surface area contributed by atoms with Crippen LogP contribution in [0.2, 0.25) is 0 Å². The van der Waals surface area contributed by atoms with Crippen LogP contribution < -0.4 is 5.32 Å². The second kappa shape index (κ2) is 4.09. The molecule has 0 unspecified atom stereocenters. The number of carbonyl (C=O) groups is 1. The summed E-state index contributed by atoms with van der Waals surface area (Å²) in [4.78, 5) is 17.7. The number of halogens is 2. The molecule has 0 aliphatic rings. The molecule has 16 heavy (non-hydrogen) atoms. The number of carbonyl (C=O) groups excluding carboxylic acids is 1. The van der Waals surface area contributed by atoms with Gasteiger partial charge in [0.2, 0.25) is 0 Å². The minimum atomic E-state index is -0.707. The number of hydrogen-bond donors (Lipinski definition) is 2. The molecule has 0 aliphatic carbocycles. The maximum Gasteiger partial charge on any atom is 0.291 e. The summed E-state index contributed by atoms with van der Waals surface area (Å²) in [5, 5.41) is 2.21. The van der Waals surface area contributed by atoms with Gasteiger partial charge in [0, 0.05) is 18.5 Å². The van der Waals surface area contributed by atoms with Gasteiger partial charge in [0.1, 0.15) is 11.6 Å². The highest BCUT2D eigenvalue weighted by atomic mass is 19.1. The van der Waals surface area contributed by atoms with Crippen LogP contribution in [-0.2, 0) is 0 Å². The maximum absolute atomic E-state index is 13.2. The number of benzene rings is 1. The summed E-state index contributed by atoms with van der Waals surface area (Å²) in [5.41, 5.74) is -0.221. The van der Waals surface area contributed by atoms with Crippen LogP contribution in [0, 0.1) is 11.6 Å². The second-order valence-corrected chi connectivity index (χ2v) is 3.02. The van der Waals surface area contributed by atoms with E-state index in [0.717, 1.165) is 18.2 Å². The van der Waals surface area contributed by atoms with Crippen LogP contribution in [-0.4, -0.2) is 15.9 Å². The average Bonchev–Trinajstić information content (AvgIpc) is 2.76. The van der Waals surface area contributed by atoms with Gasteiger partial charge in [-0.1, -0.05) is 0 Å². The van der Waals surface area contributed by atoms with Gasteiger partial charge < -0.3 is 10.3 Å². The highest BCUT2D eigenvalue weighted by Crippen LogP contribution is 2.15. The Kier molecular flexibility index (Phi) is 2.63. The van der Waals surface area contributed by atoms with E-state index in [2.05, 4.69) is 15.3 Å². The number of aromatic nitrogens is 2. The highest BCUT2D eigenvalue weighted by Gasteiger charge is 2.11. The number of rotatable bonds is 2. The van der Waals surface area contributed by atoms with Crippen LogP contribution in [0.4, 0.5) is 14.5 Å². The average molecular weight is 223 g/mol. The van der Waals surface area contributed by atoms with E-state index in [0.29, 0.717) is 0 Å². The minimum absolute atomic E-state index is 0.0312. The maximum atomic E-state index is 13.2. The van der Waals surface area contributed by atoms with Crippen molar-refractivity contribution in [3.05, 3.63) is 48.1 Å². The predicted octanol–water partition coefficient (Wildman–Crippen LogP) is 1.94. The van der Waals surface area contributed by atoms with Crippen LogP contribution >= 0.6 is 0 Å². The summed E-state index contributed by atoms with van der Waals surface area (Å²) >= 11 is 0. The molecule has 4 nitrogen and oxygen atoms in total. The molecule has 0 saturated heterocycles. The van der Waals surface area contributed by atoms with E-state index in [1.807, 2.05) is 0 Å². The SMILES string of the molecule is O=C(Nc1cc(F)ccc1F)c1ncc[nH]1. The van der Waals surface area contributed by atoms with Crippen LogP contribution in [0.15, 0.2) is 30.6 Å². The molecule has 0 saturated carbocycles. The molecule has 1 aromatic carbocycles. The third kappa shape index (κ3) is 2.05. The number of nitrogens with one attached hydrogen (secondary N) is 2. The number of nitrogens with zero attached hydrogens (tertiary/aromatic N) is 1. The van der Waals surface area contributed by atoms with Crippen molar-refractivity contribution in [1.29, 1.82) is 0 Å². The van der Waals surface area contributed by atoms with Gasteiger partial charge in [0.15, 0.2) is 5.82 Å². The number of H-pyrrole nitrogens is 1. The molecule has 0 bridgehead atoms. The zero-order valence-electron chi connectivity index (χ0n) is 8.00. The molecule has 0 atom stereocenters. The molecule has 6 heteroatoms. The summed E-state index contributed by atoms with van der Waals surface area (Å²) < 4.78 is 26.0. The van der Waals surface area contributed by atoms with Crippen LogP contribution in [0.25, 0.3) is 0 Å². The number of imidazole rings is 1. The molecule has 2 aromatic rings. The lowest BCUT2D eigenvalue weighted by atomic mass is 10.3. The summed E-state index contributed by atoms with van der Waals surface area (Å²) in [7, 11) is 0. The van der Waals surface area contributed by atoms with Gasteiger partial charge in [-0.25, -0.2) is 13.8 Å². The predicted molar refractivity (Wildman–Crippen MR) is 52.9 cm³/mol. The zero-order chi connectivity index (χ0) is 11.5. The zero-order valence-corrected chi connectivity index (χ0v) is 8.00. The normalized spacial score (nSPS) is 10.1. The highest BCUT2D eigenvalue weighted by molar-refractivity contribution is 6.01. The number of anilines is 1. The second-order valence-electron chi connectivity index (χ2n) is 3.02. The molecular weight excluding hydrogens is 216 g/mol. The molecule has 0 fully saturated rings. The van der Waals surface area contributed by atoms with Gasteiger partial charge in [-0.05, 0) is 12.1 Å². The van der Waals surface area contributed by atoms with Gasteiger partial charge in [0.05, 0.1) is 5.69 Å². The standard InChI is InChI=1S/C10H7F2N3O/c11-6-1-2-7(12)8(5-6)15-10(16)9-13-3-4-14-9/h1-5H,(H,13,14)(H,15,16). The molecule has 1 heterocycles. The first-order chi connectivity index (χ1) is 7.66. The van der Waals surface area contributed by atoms with Crippen molar-refractivity contribution in [2.75, 3.05) is 5.32 Å². The molecule has 1 aromatic heterocycles. The Morgan fingerprint density at radius 3 is 2.88 bits per heavy atom. The fraction of sp³-hybridized carbons (Fsp3) is 0. The van der Waals surface area contributed by atoms with E-state index < -0.39 is 17.5 Å². The minimum Gasteiger partial charge on any atom is -0.341 e. The molecule has 0 radical (unpaired) electrons. The van der Waals surface area contributed by atoms with Crippen molar-refractivity contribution in [3.63, 3.8) is 0 Å². The lowest BCUT2D eigenvalue weighted by molar-refractivity contribution is 0.101. The Morgan fingerprint density at radius 2 is 2.19 bits per heavy atom. The number of hydrogen-bond acceptors (Lipinski definition) is 2. The monoisotopic (exact) mass is 223 g/mol. The smallest absolute Gasteiger partial charge is 0.291 e. The van der Waals surface area contributed by atoms with Gasteiger partial charge in [-0.3, -0.25) is 4.79 Å². The largest absolute Gasteiger partial charge is 0.341 e. The van der Waals surface area contributed by atoms with E-state index in [1.165, 1.54) is 12.4 Å². The number of aromatic amines is 1. The van der Waals surface area contributed by atoms with Crippen LogP contribution in [0.1, 0.15) is 10.6 Å². The summed E-state index contributed by atoms with van der Waals surface area (Å²) in [5.74, 6) is -1.93. The van der Waals surface area contributed by atoms with Gasteiger partial charge in [-0.2, -0.15) is 0 Å². The van der Waals surface area contributed by atoms with Crippen molar-refractivity contribution in [1.82, 2.24) is 9.97 Å². The van der Waals surface area contributed by atoms with E-state index in [-0.39, 0.29) is 11.5 Å². The van der Waals surface area contributed by atoms with E-state index in [9.17, 15) is 13.6 Å². The Morgan fingerprint density at radius 1 is 1.38 bits per heavy atom. The fourth-order valence-corrected chi connectivity index (χ4v) is 1.16. The summed E-state index contributed by atoms with van der Waals surface area (Å²) in [6.45, 7) is 0. The molecule has 1 amide bonds. The van der Waals surface area contributed by atoms with Gasteiger partial charge in [0.25, 0.3) is 5.91 Å². The quantitative estimate of drug-likeness (QED) is 0.817. The van der Waals surface area contributed by atoms with E-state index in [1.54, 1.807) is 0 Å². The lowest BCUT2D eigenvalue weighted by Gasteiger charge is -2.04. The Hall–Kier alpha value is -2.24. The topological polar surface area (TPSA) is 57.8 Å². The van der Waals surface area contributed by atoms with E-state index in [4.69, 9.17) is 0 Å². The molecule has 2 N–H and O–H groups in total. The van der Waals surface area contributed by atoms with Crippen molar-refractivity contribution in [2.24, 2.45) is 0 Å². The first-order valence-corrected chi connectivity index (χ1v) is 4.42. The van der Waals surface area contributed by atoms with Crippen molar-refractivity contribution < 1.29 is 13.6 Å². The summed E-state index contributed by atoms with van der Waals surface area (Å²) in [6, 6.07) is 2.81. The van der Waals surface area contributed by atoms with Crippen molar-refractivity contribution >= 4 is 11.6 Å². The van der Waals surface area contributed by atoms with Crippen molar-refractivity contribution in [2.45, 2.75) is 0 Å². The van der Waals surface area contributed by atoms with E-state index >= 15 is 0 Å². The Bertz CT molecular complexity index is 511. The fourth-order valence-electron chi connectivity index (χ4n) is 1.16. The number of amides is 1. The van der Waals surface area contributed by atoms with Gasteiger partial charge >= 0.3 is 0 Å². The van der Waals surface area contributed by atoms with Crippen LogP contribution in [0.3, 0.4) is 0 Å².